The molecular weight excluding hydrogens is 312 g/mol. The van der Waals surface area contributed by atoms with Gasteiger partial charge in [-0.15, -0.1) is 0 Å². The van der Waals surface area contributed by atoms with Crippen molar-refractivity contribution >= 4 is 13.9 Å². The molecule has 1 N–H and O–H groups in total. The van der Waals surface area contributed by atoms with Crippen LogP contribution in [0.1, 0.15) is 37.2 Å². The molecular formula is C20H32N2OSi. The second-order valence-corrected chi connectivity index (χ2v) is 13.3. The maximum atomic E-state index is 5.55. The van der Waals surface area contributed by atoms with Gasteiger partial charge in [0.15, 0.2) is 0 Å². The minimum Gasteiger partial charge on any atom is -0.497 e. The fraction of sp³-hybridized carbons (Fsp3) is 0.700. The second-order valence-electron chi connectivity index (χ2n) is 8.66. The Morgan fingerprint density at radius 2 is 1.88 bits per heavy atom. The number of hydrogen-bond acceptors (Lipinski definition) is 3. The first-order valence-corrected chi connectivity index (χ1v) is 12.7. The lowest BCUT2D eigenvalue weighted by Gasteiger charge is -2.41. The second kappa shape index (κ2) is 5.77. The smallest absolute Gasteiger partial charge is 0.124 e. The molecule has 0 saturated heterocycles. The molecule has 2 fully saturated rings. The number of nitrogens with one attached hydrogen (secondary N) is 1. The Hall–Kier alpha value is -1.00. The molecule has 1 heterocycles. The fourth-order valence-corrected chi connectivity index (χ4v) is 9.35. The standard InChI is InChI=1S/C20H32N2OSi/c1-21-24(4,5)20-15-9-7-6-8-14(15)18-16-12-13(23-3)10-11-17(16)22(2)19(18)20/h10-12,14-15,18-21H,6-9H2,1-5H3. The van der Waals surface area contributed by atoms with Gasteiger partial charge in [0.25, 0.3) is 0 Å². The lowest BCUT2D eigenvalue weighted by molar-refractivity contribution is 0.258. The maximum absolute atomic E-state index is 5.55. The van der Waals surface area contributed by atoms with E-state index in [1.165, 1.54) is 31.4 Å². The first-order chi connectivity index (χ1) is 11.5. The van der Waals surface area contributed by atoms with Crippen molar-refractivity contribution in [3.05, 3.63) is 23.8 Å². The van der Waals surface area contributed by atoms with E-state index in [9.17, 15) is 0 Å². The number of likely N-dealkylation sites (N-methyl/N-ethyl adjacent to an activating group) is 1. The van der Waals surface area contributed by atoms with Gasteiger partial charge in [-0.25, -0.2) is 0 Å². The van der Waals surface area contributed by atoms with Crippen molar-refractivity contribution in [2.45, 2.75) is 56.3 Å². The van der Waals surface area contributed by atoms with Crippen LogP contribution < -0.4 is 14.6 Å². The maximum Gasteiger partial charge on any atom is 0.124 e. The highest BCUT2D eigenvalue weighted by atomic mass is 28.3. The van der Waals surface area contributed by atoms with Crippen LogP contribution in [0.5, 0.6) is 5.75 Å². The average Bonchev–Trinajstić information content (AvgIpc) is 3.09. The number of benzene rings is 1. The van der Waals surface area contributed by atoms with Gasteiger partial charge in [-0.05, 0) is 54.6 Å². The number of rotatable bonds is 3. The molecule has 24 heavy (non-hydrogen) atoms. The zero-order chi connectivity index (χ0) is 17.1. The Kier molecular flexibility index (Phi) is 3.96. The van der Waals surface area contributed by atoms with Gasteiger partial charge >= 0.3 is 0 Å². The summed E-state index contributed by atoms with van der Waals surface area (Å²) in [6, 6.07) is 7.42. The van der Waals surface area contributed by atoms with Gasteiger partial charge in [0.05, 0.1) is 7.11 Å². The molecule has 0 aromatic heterocycles. The minimum absolute atomic E-state index is 0.675. The molecule has 5 unspecified atom stereocenters. The Morgan fingerprint density at radius 3 is 2.54 bits per heavy atom. The van der Waals surface area contributed by atoms with Crippen molar-refractivity contribution in [2.75, 3.05) is 26.1 Å². The number of nitrogens with zero attached hydrogens (tertiary/aromatic N) is 1. The number of fused-ring (bicyclic) bond motifs is 5. The van der Waals surface area contributed by atoms with Crippen LogP contribution in [0.15, 0.2) is 18.2 Å². The van der Waals surface area contributed by atoms with Crippen molar-refractivity contribution in [1.82, 2.24) is 4.98 Å². The van der Waals surface area contributed by atoms with E-state index in [4.69, 9.17) is 4.74 Å². The molecule has 3 nitrogen and oxygen atoms in total. The van der Waals surface area contributed by atoms with E-state index in [2.05, 4.69) is 55.3 Å². The molecule has 0 radical (unpaired) electrons. The summed E-state index contributed by atoms with van der Waals surface area (Å²) in [7, 11) is 4.85. The van der Waals surface area contributed by atoms with Crippen molar-refractivity contribution in [1.29, 1.82) is 0 Å². The number of ether oxygens (including phenoxy) is 1. The van der Waals surface area contributed by atoms with Crippen molar-refractivity contribution < 1.29 is 4.74 Å². The van der Waals surface area contributed by atoms with Gasteiger partial charge in [-0.3, -0.25) is 0 Å². The summed E-state index contributed by atoms with van der Waals surface area (Å²) in [5, 5.41) is 0. The lowest BCUT2D eigenvalue weighted by Crippen LogP contribution is -2.54. The predicted molar refractivity (Wildman–Crippen MR) is 104 cm³/mol. The summed E-state index contributed by atoms with van der Waals surface area (Å²) in [5.41, 5.74) is 3.84. The molecule has 3 aliphatic rings. The first kappa shape index (κ1) is 16.5. The molecule has 1 aromatic rings. The summed E-state index contributed by atoms with van der Waals surface area (Å²) >= 11 is 0. The largest absolute Gasteiger partial charge is 0.497 e. The van der Waals surface area contributed by atoms with E-state index in [0.29, 0.717) is 12.0 Å². The molecule has 2 aliphatic carbocycles. The number of anilines is 1. The van der Waals surface area contributed by atoms with Gasteiger partial charge in [0, 0.05) is 24.7 Å². The highest BCUT2D eigenvalue weighted by molar-refractivity contribution is 6.76. The van der Waals surface area contributed by atoms with Gasteiger partial charge in [0.1, 0.15) is 14.0 Å². The van der Waals surface area contributed by atoms with Crippen LogP contribution in [0, 0.1) is 11.8 Å². The zero-order valence-electron chi connectivity index (χ0n) is 15.8. The van der Waals surface area contributed by atoms with Gasteiger partial charge in [0.2, 0.25) is 0 Å². The third-order valence-corrected chi connectivity index (χ3v) is 11.2. The summed E-state index contributed by atoms with van der Waals surface area (Å²) in [6.45, 7) is 5.09. The summed E-state index contributed by atoms with van der Waals surface area (Å²) < 4.78 is 5.55. The highest BCUT2D eigenvalue weighted by Crippen LogP contribution is 2.64. The molecule has 4 heteroatoms. The molecule has 0 spiro atoms. The van der Waals surface area contributed by atoms with Crippen LogP contribution in [0.3, 0.4) is 0 Å². The molecule has 1 aliphatic heterocycles. The van der Waals surface area contributed by atoms with Crippen LogP contribution in [-0.2, 0) is 0 Å². The monoisotopic (exact) mass is 344 g/mol. The number of hydrogen-bond donors (Lipinski definition) is 1. The van der Waals surface area contributed by atoms with Crippen LogP contribution in [-0.4, -0.2) is 35.5 Å². The SMILES string of the molecule is CN[Si](C)(C)C1C2CCCCC2C2c3cc(OC)ccc3N(C)C21. The van der Waals surface area contributed by atoms with E-state index >= 15 is 0 Å². The van der Waals surface area contributed by atoms with Gasteiger partial charge in [-0.1, -0.05) is 32.4 Å². The van der Waals surface area contributed by atoms with E-state index in [-0.39, 0.29) is 0 Å². The molecule has 132 valence electrons. The third kappa shape index (κ3) is 2.18. The molecule has 1 aromatic carbocycles. The summed E-state index contributed by atoms with van der Waals surface area (Å²) in [4.78, 5) is 6.41. The van der Waals surface area contributed by atoms with E-state index in [1.807, 2.05) is 0 Å². The Bertz CT molecular complexity index is 632. The zero-order valence-corrected chi connectivity index (χ0v) is 16.8. The van der Waals surface area contributed by atoms with E-state index in [0.717, 1.165) is 23.1 Å². The summed E-state index contributed by atoms with van der Waals surface area (Å²) in [5.74, 6) is 3.49. The van der Waals surface area contributed by atoms with Crippen LogP contribution in [0.4, 0.5) is 5.69 Å². The quantitative estimate of drug-likeness (QED) is 0.831. The van der Waals surface area contributed by atoms with Crippen LogP contribution >= 0.6 is 0 Å². The van der Waals surface area contributed by atoms with E-state index in [1.54, 1.807) is 12.7 Å². The molecule has 0 amide bonds. The normalized spacial score (nSPS) is 34.7. The van der Waals surface area contributed by atoms with E-state index < -0.39 is 8.24 Å². The molecule has 5 atom stereocenters. The van der Waals surface area contributed by atoms with Gasteiger partial charge < -0.3 is 14.6 Å². The highest BCUT2D eigenvalue weighted by Gasteiger charge is 2.60. The van der Waals surface area contributed by atoms with Crippen molar-refractivity contribution in [3.8, 4) is 5.75 Å². The fourth-order valence-electron chi connectivity index (χ4n) is 6.24. The van der Waals surface area contributed by atoms with Crippen molar-refractivity contribution in [3.63, 3.8) is 0 Å². The summed E-state index contributed by atoms with van der Waals surface area (Å²) in [6.07, 6.45) is 5.70. The Morgan fingerprint density at radius 1 is 1.17 bits per heavy atom. The first-order valence-electron chi connectivity index (χ1n) is 9.59. The van der Waals surface area contributed by atoms with Crippen LogP contribution in [0.25, 0.3) is 0 Å². The molecule has 0 bridgehead atoms. The number of methoxy groups -OCH3 is 1. The van der Waals surface area contributed by atoms with Crippen molar-refractivity contribution in [2.24, 2.45) is 11.8 Å². The lowest BCUT2D eigenvalue weighted by atomic mass is 9.76. The van der Waals surface area contributed by atoms with Crippen LogP contribution in [0.2, 0.25) is 18.6 Å². The topological polar surface area (TPSA) is 24.5 Å². The average molecular weight is 345 g/mol. The van der Waals surface area contributed by atoms with Gasteiger partial charge in [-0.2, -0.15) is 0 Å². The minimum atomic E-state index is -1.46. The predicted octanol–water partition coefficient (Wildman–Crippen LogP) is 4.21. The third-order valence-electron chi connectivity index (χ3n) is 7.43. The molecule has 4 rings (SSSR count). The Balaban J connectivity index is 1.82. The molecule has 2 saturated carbocycles. The Labute approximate surface area is 147 Å².